The minimum atomic E-state index is -0.234. The Bertz CT molecular complexity index is 759. The van der Waals surface area contributed by atoms with Crippen molar-refractivity contribution in [3.8, 4) is 5.75 Å². The number of fused-ring (bicyclic) bond motifs is 3. The van der Waals surface area contributed by atoms with Crippen molar-refractivity contribution in [2.45, 2.75) is 39.2 Å². The lowest BCUT2D eigenvalue weighted by Gasteiger charge is -2.19. The van der Waals surface area contributed by atoms with Gasteiger partial charge in [0.05, 0.1) is 25.0 Å². The Hall–Kier alpha value is -1.81. The molecule has 0 radical (unpaired) electrons. The Morgan fingerprint density at radius 1 is 1.24 bits per heavy atom. The zero-order chi connectivity index (χ0) is 15.1. The first-order valence-electron chi connectivity index (χ1n) is 7.58. The van der Waals surface area contributed by atoms with E-state index in [1.807, 2.05) is 13.0 Å². The fourth-order valence-electron chi connectivity index (χ4n) is 3.33. The molecule has 0 aliphatic heterocycles. The van der Waals surface area contributed by atoms with Crippen molar-refractivity contribution in [2.75, 3.05) is 14.1 Å². The predicted octanol–water partition coefficient (Wildman–Crippen LogP) is 1.33. The van der Waals surface area contributed by atoms with Crippen LogP contribution in [-0.2, 0) is 19.4 Å². The fourth-order valence-corrected chi connectivity index (χ4v) is 3.33. The maximum Gasteiger partial charge on any atom is 0.339 e. The van der Waals surface area contributed by atoms with Crippen molar-refractivity contribution in [1.82, 2.24) is 0 Å². The first kappa shape index (κ1) is 14.1. The van der Waals surface area contributed by atoms with Crippen molar-refractivity contribution < 1.29 is 14.4 Å². The van der Waals surface area contributed by atoms with E-state index in [2.05, 4.69) is 14.1 Å². The molecule has 1 aromatic heterocycles. The quantitative estimate of drug-likeness (QED) is 0.820. The molecule has 4 heteroatoms. The molecular formula is C17H22NO3+. The van der Waals surface area contributed by atoms with Crippen LogP contribution in [0.2, 0.25) is 0 Å². The number of phenols is 1. The number of aryl methyl sites for hydroxylation is 2. The van der Waals surface area contributed by atoms with Crippen molar-refractivity contribution in [2.24, 2.45) is 0 Å². The van der Waals surface area contributed by atoms with Crippen molar-refractivity contribution in [3.63, 3.8) is 0 Å². The highest BCUT2D eigenvalue weighted by Crippen LogP contribution is 2.36. The molecule has 0 spiro atoms. The van der Waals surface area contributed by atoms with Crippen LogP contribution in [0, 0.1) is 6.92 Å². The molecule has 112 valence electrons. The van der Waals surface area contributed by atoms with Gasteiger partial charge in [-0.1, -0.05) is 0 Å². The van der Waals surface area contributed by atoms with Crippen LogP contribution >= 0.6 is 0 Å². The van der Waals surface area contributed by atoms with Crippen LogP contribution in [0.1, 0.15) is 35.1 Å². The second kappa shape index (κ2) is 5.19. The first-order valence-corrected chi connectivity index (χ1v) is 7.58. The van der Waals surface area contributed by atoms with Crippen molar-refractivity contribution in [1.29, 1.82) is 0 Å². The number of aromatic hydroxyl groups is 1. The van der Waals surface area contributed by atoms with Gasteiger partial charge in [-0.15, -0.1) is 0 Å². The number of quaternary nitrogens is 1. The highest BCUT2D eigenvalue weighted by molar-refractivity contribution is 5.89. The topological polar surface area (TPSA) is 54.9 Å². The van der Waals surface area contributed by atoms with Gasteiger partial charge in [0.2, 0.25) is 0 Å². The van der Waals surface area contributed by atoms with Gasteiger partial charge in [-0.25, -0.2) is 4.79 Å². The van der Waals surface area contributed by atoms with E-state index < -0.39 is 0 Å². The summed E-state index contributed by atoms with van der Waals surface area (Å²) < 4.78 is 5.46. The maximum absolute atomic E-state index is 12.1. The lowest BCUT2D eigenvalue weighted by atomic mass is 9.89. The SMILES string of the molecule is Cc1cc2oc(=O)c3c(c2c(O)c1C[NH+](C)C)CCCC3. The average Bonchev–Trinajstić information content (AvgIpc) is 2.43. The van der Waals surface area contributed by atoms with E-state index in [1.54, 1.807) is 0 Å². The minimum Gasteiger partial charge on any atom is -0.507 e. The molecular weight excluding hydrogens is 266 g/mol. The van der Waals surface area contributed by atoms with Gasteiger partial charge in [0.25, 0.3) is 0 Å². The van der Waals surface area contributed by atoms with E-state index in [4.69, 9.17) is 4.42 Å². The Kier molecular flexibility index (Phi) is 3.49. The van der Waals surface area contributed by atoms with E-state index >= 15 is 0 Å². The summed E-state index contributed by atoms with van der Waals surface area (Å²) >= 11 is 0. The summed E-state index contributed by atoms with van der Waals surface area (Å²) in [4.78, 5) is 13.4. The van der Waals surface area contributed by atoms with E-state index in [-0.39, 0.29) is 5.63 Å². The third kappa shape index (κ3) is 2.33. The number of hydrogen-bond donors (Lipinski definition) is 2. The second-order valence-electron chi connectivity index (χ2n) is 6.33. The summed E-state index contributed by atoms with van der Waals surface area (Å²) in [5.74, 6) is 0.299. The van der Waals surface area contributed by atoms with Gasteiger partial charge >= 0.3 is 5.63 Å². The van der Waals surface area contributed by atoms with Crippen LogP contribution in [-0.4, -0.2) is 19.2 Å². The number of nitrogens with one attached hydrogen (secondary N) is 1. The van der Waals surface area contributed by atoms with Gasteiger partial charge < -0.3 is 14.4 Å². The van der Waals surface area contributed by atoms with Crippen LogP contribution in [0.25, 0.3) is 11.0 Å². The molecule has 2 N–H and O–H groups in total. The highest BCUT2D eigenvalue weighted by Gasteiger charge is 2.23. The zero-order valence-corrected chi connectivity index (χ0v) is 12.9. The number of benzene rings is 1. The van der Waals surface area contributed by atoms with E-state index in [1.165, 1.54) is 4.90 Å². The summed E-state index contributed by atoms with van der Waals surface area (Å²) in [6.45, 7) is 2.71. The molecule has 0 saturated carbocycles. The Morgan fingerprint density at radius 2 is 1.90 bits per heavy atom. The van der Waals surface area contributed by atoms with Crippen LogP contribution in [0.3, 0.4) is 0 Å². The number of rotatable bonds is 2. The third-order valence-electron chi connectivity index (χ3n) is 4.34. The van der Waals surface area contributed by atoms with Crippen LogP contribution < -0.4 is 10.5 Å². The molecule has 0 amide bonds. The smallest absolute Gasteiger partial charge is 0.339 e. The van der Waals surface area contributed by atoms with Crippen LogP contribution in [0.15, 0.2) is 15.3 Å². The molecule has 21 heavy (non-hydrogen) atoms. The molecule has 0 unspecified atom stereocenters. The molecule has 1 aromatic carbocycles. The highest BCUT2D eigenvalue weighted by atomic mass is 16.4. The summed E-state index contributed by atoms with van der Waals surface area (Å²) in [5, 5.41) is 11.5. The number of hydrogen-bond acceptors (Lipinski definition) is 3. The van der Waals surface area contributed by atoms with E-state index in [0.29, 0.717) is 11.3 Å². The Morgan fingerprint density at radius 3 is 2.57 bits per heavy atom. The lowest BCUT2D eigenvalue weighted by molar-refractivity contribution is -0.872. The van der Waals surface area contributed by atoms with E-state index in [9.17, 15) is 9.90 Å². The van der Waals surface area contributed by atoms with Gasteiger partial charge in [-0.2, -0.15) is 0 Å². The third-order valence-corrected chi connectivity index (χ3v) is 4.34. The van der Waals surface area contributed by atoms with Gasteiger partial charge in [-0.3, -0.25) is 0 Å². The van der Waals surface area contributed by atoms with Gasteiger partial charge in [-0.05, 0) is 49.8 Å². The van der Waals surface area contributed by atoms with Crippen LogP contribution in [0.5, 0.6) is 5.75 Å². The molecule has 2 aromatic rings. The monoisotopic (exact) mass is 288 g/mol. The van der Waals surface area contributed by atoms with Gasteiger partial charge in [0, 0.05) is 5.56 Å². The molecule has 1 aliphatic rings. The van der Waals surface area contributed by atoms with Crippen LogP contribution in [0.4, 0.5) is 0 Å². The molecule has 3 rings (SSSR count). The summed E-state index contributed by atoms with van der Waals surface area (Å²) in [7, 11) is 4.12. The standard InChI is InChI=1S/C17H21NO3/c1-10-8-14-15(16(19)13(10)9-18(2)3)11-6-4-5-7-12(11)17(20)21-14/h8,19H,4-7,9H2,1-3H3/p+1. The van der Waals surface area contributed by atoms with Gasteiger partial charge in [0.1, 0.15) is 17.9 Å². The minimum absolute atomic E-state index is 0.234. The molecule has 4 nitrogen and oxygen atoms in total. The molecule has 0 atom stereocenters. The summed E-state index contributed by atoms with van der Waals surface area (Å²) in [5.41, 5.74) is 3.97. The molecule has 0 fully saturated rings. The Balaban J connectivity index is 2.35. The van der Waals surface area contributed by atoms with Gasteiger partial charge in [0.15, 0.2) is 0 Å². The normalized spacial score (nSPS) is 14.7. The predicted molar refractivity (Wildman–Crippen MR) is 82.0 cm³/mol. The number of phenolic OH excluding ortho intramolecular Hbond substituents is 1. The lowest BCUT2D eigenvalue weighted by Crippen LogP contribution is -3.04. The second-order valence-corrected chi connectivity index (χ2v) is 6.33. The van der Waals surface area contributed by atoms with Crippen molar-refractivity contribution in [3.05, 3.63) is 38.7 Å². The zero-order valence-electron chi connectivity index (χ0n) is 12.9. The molecule has 0 bridgehead atoms. The molecule has 0 saturated heterocycles. The fraction of sp³-hybridized carbons (Fsp3) is 0.471. The summed E-state index contributed by atoms with van der Waals surface area (Å²) in [6, 6.07) is 1.89. The average molecular weight is 288 g/mol. The summed E-state index contributed by atoms with van der Waals surface area (Å²) in [6.07, 6.45) is 3.69. The van der Waals surface area contributed by atoms with E-state index in [0.717, 1.165) is 59.9 Å². The first-order chi connectivity index (χ1) is 9.99. The molecule has 1 heterocycles. The molecule has 1 aliphatic carbocycles. The van der Waals surface area contributed by atoms with Crippen molar-refractivity contribution >= 4 is 11.0 Å². The Labute approximate surface area is 124 Å². The maximum atomic E-state index is 12.1. The largest absolute Gasteiger partial charge is 0.507 e.